The van der Waals surface area contributed by atoms with Crippen molar-refractivity contribution in [3.63, 3.8) is 0 Å². The van der Waals surface area contributed by atoms with Gasteiger partial charge >= 0.3 is 11.9 Å². The van der Waals surface area contributed by atoms with Crippen molar-refractivity contribution in [2.24, 2.45) is 11.8 Å². The highest BCUT2D eigenvalue weighted by Crippen LogP contribution is 2.31. The summed E-state index contributed by atoms with van der Waals surface area (Å²) in [6, 6.07) is 14.7. The number of carboxylic acids is 2. The summed E-state index contributed by atoms with van der Waals surface area (Å²) in [5.74, 6) is -2.29. The Balaban J connectivity index is 0.000000509. The molecule has 3 unspecified atom stereocenters. The molecule has 3 atom stereocenters. The fourth-order valence-electron chi connectivity index (χ4n) is 4.15. The van der Waals surface area contributed by atoms with Crippen LogP contribution in [0.25, 0.3) is 20.8 Å². The molecule has 0 radical (unpaired) electrons. The molecule has 9 heteroatoms. The lowest BCUT2D eigenvalue weighted by Crippen LogP contribution is -2.43. The van der Waals surface area contributed by atoms with E-state index >= 15 is 0 Å². The number of carbonyl (C=O) groups excluding carboxylic acids is 1. The lowest BCUT2D eigenvalue weighted by Gasteiger charge is -2.34. The average molecular weight is 498 g/mol. The number of hydrogen-bond acceptors (Lipinski definition) is 6. The van der Waals surface area contributed by atoms with E-state index in [-0.39, 0.29) is 5.91 Å². The molecule has 8 nitrogen and oxygen atoms in total. The molecule has 0 saturated heterocycles. The number of rotatable bonds is 5. The largest absolute Gasteiger partial charge is 0.473 e. The normalized spacial score (nSPS) is 19.5. The molecular formula is C26H31N3O5S. The minimum Gasteiger partial charge on any atom is -0.473 e. The number of benzene rings is 2. The third-order valence-electron chi connectivity index (χ3n) is 6.37. The fourth-order valence-corrected chi connectivity index (χ4v) is 5.22. The Labute approximate surface area is 208 Å². The van der Waals surface area contributed by atoms with Crippen molar-refractivity contribution in [2.75, 3.05) is 11.9 Å². The highest BCUT2D eigenvalue weighted by molar-refractivity contribution is 7.21. The van der Waals surface area contributed by atoms with Crippen LogP contribution in [0.15, 0.2) is 42.5 Å². The second-order valence-corrected chi connectivity index (χ2v) is 10.0. The van der Waals surface area contributed by atoms with Crippen LogP contribution >= 0.6 is 11.3 Å². The number of hydrogen-bond donors (Lipinski definition) is 4. The predicted molar refractivity (Wildman–Crippen MR) is 138 cm³/mol. The van der Waals surface area contributed by atoms with E-state index in [0.717, 1.165) is 34.1 Å². The van der Waals surface area contributed by atoms with Gasteiger partial charge in [-0.15, -0.1) is 11.3 Å². The van der Waals surface area contributed by atoms with Gasteiger partial charge in [0.05, 0.1) is 16.8 Å². The Bertz CT molecular complexity index is 1180. The van der Waals surface area contributed by atoms with Gasteiger partial charge in [0.2, 0.25) is 5.91 Å². The highest BCUT2D eigenvalue weighted by atomic mass is 32.1. The van der Waals surface area contributed by atoms with Crippen molar-refractivity contribution in [3.8, 4) is 10.6 Å². The van der Waals surface area contributed by atoms with E-state index < -0.39 is 11.9 Å². The number of aryl methyl sites for hydroxylation is 1. The maximum atomic E-state index is 12.4. The molecule has 4 N–H and O–H groups in total. The number of thiazole rings is 1. The molecule has 1 aliphatic carbocycles. The molecule has 1 aromatic heterocycles. The molecular weight excluding hydrogens is 466 g/mol. The van der Waals surface area contributed by atoms with Crippen molar-refractivity contribution < 1.29 is 24.6 Å². The molecule has 4 rings (SSSR count). The Kier molecular flexibility index (Phi) is 8.95. The summed E-state index contributed by atoms with van der Waals surface area (Å²) in [7, 11) is 0. The van der Waals surface area contributed by atoms with Crippen LogP contribution in [0.2, 0.25) is 0 Å². The van der Waals surface area contributed by atoms with E-state index in [1.54, 1.807) is 11.3 Å². The Morgan fingerprint density at radius 3 is 2.37 bits per heavy atom. The first-order chi connectivity index (χ1) is 16.6. The summed E-state index contributed by atoms with van der Waals surface area (Å²) < 4.78 is 1.20. The summed E-state index contributed by atoms with van der Waals surface area (Å²) in [5, 5.41) is 22.2. The minimum absolute atomic E-state index is 0.0126. The van der Waals surface area contributed by atoms with E-state index in [1.165, 1.54) is 23.1 Å². The van der Waals surface area contributed by atoms with Gasteiger partial charge in [-0.25, -0.2) is 14.6 Å². The van der Waals surface area contributed by atoms with Crippen LogP contribution in [-0.2, 0) is 14.4 Å². The average Bonchev–Trinajstić information content (AvgIpc) is 3.24. The van der Waals surface area contributed by atoms with Crippen LogP contribution in [0.4, 0.5) is 5.69 Å². The number of carbonyl (C=O) groups is 3. The van der Waals surface area contributed by atoms with Gasteiger partial charge in [-0.1, -0.05) is 32.8 Å². The van der Waals surface area contributed by atoms with Crippen LogP contribution in [-0.4, -0.2) is 45.6 Å². The molecule has 2 aromatic carbocycles. The van der Waals surface area contributed by atoms with Gasteiger partial charge in [-0.05, 0) is 67.1 Å². The quantitative estimate of drug-likeness (QED) is 0.373. The van der Waals surface area contributed by atoms with Gasteiger partial charge in [-0.2, -0.15) is 0 Å². The first kappa shape index (κ1) is 26.3. The van der Waals surface area contributed by atoms with E-state index in [1.807, 2.05) is 24.3 Å². The first-order valence-electron chi connectivity index (χ1n) is 11.6. The monoisotopic (exact) mass is 497 g/mol. The lowest BCUT2D eigenvalue weighted by atomic mass is 9.78. The number of nitrogens with one attached hydrogen (secondary N) is 2. The minimum atomic E-state index is -1.82. The van der Waals surface area contributed by atoms with Crippen molar-refractivity contribution >= 4 is 45.1 Å². The molecule has 0 spiro atoms. The smallest absolute Gasteiger partial charge is 0.414 e. The SMILES string of the molecule is Cc1ccc2nc(-c3ccc(NC(=O)CNC4CCCC(C)C4C)cc3)sc2c1.O=C(O)C(=O)O. The van der Waals surface area contributed by atoms with Crippen LogP contribution in [0.3, 0.4) is 0 Å². The van der Waals surface area contributed by atoms with Gasteiger partial charge in [0.15, 0.2) is 0 Å². The number of carboxylic acid groups (broad SMARTS) is 2. The van der Waals surface area contributed by atoms with Gasteiger partial charge in [0, 0.05) is 17.3 Å². The zero-order valence-electron chi connectivity index (χ0n) is 20.1. The summed E-state index contributed by atoms with van der Waals surface area (Å²) in [4.78, 5) is 35.3. The van der Waals surface area contributed by atoms with Crippen molar-refractivity contribution in [1.29, 1.82) is 0 Å². The van der Waals surface area contributed by atoms with Gasteiger partial charge < -0.3 is 20.8 Å². The molecule has 3 aromatic rings. The number of aromatic nitrogens is 1. The van der Waals surface area contributed by atoms with Crippen molar-refractivity contribution in [2.45, 2.75) is 46.1 Å². The van der Waals surface area contributed by atoms with Crippen LogP contribution in [0.5, 0.6) is 0 Å². The Morgan fingerprint density at radius 2 is 1.71 bits per heavy atom. The molecule has 1 saturated carbocycles. The van der Waals surface area contributed by atoms with E-state index in [2.05, 4.69) is 49.6 Å². The second-order valence-electron chi connectivity index (χ2n) is 8.98. The fraction of sp³-hybridized carbons (Fsp3) is 0.385. The number of fused-ring (bicyclic) bond motifs is 1. The van der Waals surface area contributed by atoms with Crippen molar-refractivity contribution in [1.82, 2.24) is 10.3 Å². The topological polar surface area (TPSA) is 129 Å². The molecule has 1 fully saturated rings. The summed E-state index contributed by atoms with van der Waals surface area (Å²) in [6.07, 6.45) is 3.71. The van der Waals surface area contributed by atoms with Crippen LogP contribution < -0.4 is 10.6 Å². The molecule has 186 valence electrons. The molecule has 0 bridgehead atoms. The third-order valence-corrected chi connectivity index (χ3v) is 7.44. The number of anilines is 1. The number of amides is 1. The second kappa shape index (κ2) is 11.9. The molecule has 1 heterocycles. The van der Waals surface area contributed by atoms with E-state index in [4.69, 9.17) is 24.8 Å². The maximum absolute atomic E-state index is 12.4. The summed E-state index contributed by atoms with van der Waals surface area (Å²) >= 11 is 1.70. The van der Waals surface area contributed by atoms with Gasteiger partial charge in [-0.3, -0.25) is 4.79 Å². The zero-order valence-corrected chi connectivity index (χ0v) is 20.9. The van der Waals surface area contributed by atoms with E-state index in [9.17, 15) is 4.79 Å². The van der Waals surface area contributed by atoms with Crippen LogP contribution in [0, 0.1) is 18.8 Å². The Morgan fingerprint density at radius 1 is 1.03 bits per heavy atom. The molecule has 35 heavy (non-hydrogen) atoms. The molecule has 1 aliphatic rings. The Hall–Kier alpha value is -3.30. The van der Waals surface area contributed by atoms with Gasteiger partial charge in [0.1, 0.15) is 5.01 Å². The van der Waals surface area contributed by atoms with E-state index in [0.29, 0.717) is 18.5 Å². The lowest BCUT2D eigenvalue weighted by molar-refractivity contribution is -0.159. The first-order valence-corrected chi connectivity index (χ1v) is 12.4. The standard InChI is InChI=1S/C24H29N3OS.C2H2O4/c1-15-7-12-21-22(13-15)29-24(27-21)18-8-10-19(11-9-18)26-23(28)14-25-20-6-4-5-16(2)17(20)3;3-1(4)2(5)6/h7-13,16-17,20,25H,4-6,14H2,1-3H3,(H,26,28);(H,3,4)(H,5,6). The third kappa shape index (κ3) is 7.34. The van der Waals surface area contributed by atoms with Crippen molar-refractivity contribution in [3.05, 3.63) is 48.0 Å². The zero-order chi connectivity index (χ0) is 25.5. The summed E-state index contributed by atoms with van der Waals surface area (Å²) in [6.45, 7) is 7.07. The maximum Gasteiger partial charge on any atom is 0.414 e. The molecule has 1 amide bonds. The van der Waals surface area contributed by atoms with Gasteiger partial charge in [0.25, 0.3) is 0 Å². The number of aliphatic carboxylic acids is 2. The molecule has 0 aliphatic heterocycles. The van der Waals surface area contributed by atoms with Crippen LogP contribution in [0.1, 0.15) is 38.7 Å². The number of nitrogens with zero attached hydrogens (tertiary/aromatic N) is 1. The predicted octanol–water partition coefficient (Wildman–Crippen LogP) is 4.78. The highest BCUT2D eigenvalue weighted by Gasteiger charge is 2.26. The summed E-state index contributed by atoms with van der Waals surface area (Å²) in [5.41, 5.74) is 4.18.